The van der Waals surface area contributed by atoms with E-state index >= 15 is 0 Å². The van der Waals surface area contributed by atoms with Crippen molar-refractivity contribution in [1.82, 2.24) is 10.2 Å². The molecule has 1 saturated heterocycles. The van der Waals surface area contributed by atoms with E-state index in [-0.39, 0.29) is 11.9 Å². The van der Waals surface area contributed by atoms with Crippen LogP contribution < -0.4 is 5.32 Å². The number of carbonyl (C=O) groups is 1. The number of piperidine rings is 1. The zero-order valence-electron chi connectivity index (χ0n) is 17.4. The van der Waals surface area contributed by atoms with Crippen LogP contribution in [0.2, 0.25) is 0 Å². The molecule has 4 heteroatoms. The van der Waals surface area contributed by atoms with Crippen molar-refractivity contribution >= 4 is 17.7 Å². The third kappa shape index (κ3) is 5.32. The number of amides is 1. The predicted octanol–water partition coefficient (Wildman–Crippen LogP) is 5.47. The van der Waals surface area contributed by atoms with Gasteiger partial charge in [0.15, 0.2) is 0 Å². The van der Waals surface area contributed by atoms with Gasteiger partial charge in [0.1, 0.15) is 0 Å². The number of hydrogen-bond acceptors (Lipinski definition) is 3. The second-order valence-electron chi connectivity index (χ2n) is 7.82. The number of likely N-dealkylation sites (tertiary alicyclic amines) is 1. The van der Waals surface area contributed by atoms with Crippen LogP contribution in [0.3, 0.4) is 0 Å². The van der Waals surface area contributed by atoms with Crippen LogP contribution in [0.4, 0.5) is 0 Å². The summed E-state index contributed by atoms with van der Waals surface area (Å²) in [6.45, 7) is 2.97. The number of hydrogen-bond donors (Lipinski definition) is 1. The highest BCUT2D eigenvalue weighted by Gasteiger charge is 2.21. The Bertz CT molecular complexity index is 964. The average Bonchev–Trinajstić information content (AvgIpc) is 2.81. The molecule has 0 spiro atoms. The summed E-state index contributed by atoms with van der Waals surface area (Å²) >= 11 is 1.77. The van der Waals surface area contributed by atoms with Crippen LogP contribution in [0.5, 0.6) is 0 Å². The lowest BCUT2D eigenvalue weighted by Gasteiger charge is -2.32. The van der Waals surface area contributed by atoms with E-state index in [1.54, 1.807) is 11.8 Å². The highest BCUT2D eigenvalue weighted by molar-refractivity contribution is 7.98. The first-order valence-electron chi connectivity index (χ1n) is 10.5. The fourth-order valence-corrected chi connectivity index (χ4v) is 4.39. The van der Waals surface area contributed by atoms with Crippen molar-refractivity contribution in [2.45, 2.75) is 30.3 Å². The maximum absolute atomic E-state index is 12.4. The maximum Gasteiger partial charge on any atom is 0.251 e. The van der Waals surface area contributed by atoms with Crippen molar-refractivity contribution in [3.63, 3.8) is 0 Å². The molecule has 1 heterocycles. The number of thioether (sulfide) groups is 1. The number of nitrogens with one attached hydrogen (secondary N) is 1. The molecule has 1 aliphatic heterocycles. The first-order chi connectivity index (χ1) is 14.7. The van der Waals surface area contributed by atoms with Crippen molar-refractivity contribution in [3.8, 4) is 11.1 Å². The Balaban J connectivity index is 1.31. The van der Waals surface area contributed by atoms with Crippen molar-refractivity contribution in [1.29, 1.82) is 0 Å². The molecule has 3 aromatic rings. The fourth-order valence-electron chi connectivity index (χ4n) is 3.98. The van der Waals surface area contributed by atoms with Crippen LogP contribution >= 0.6 is 11.8 Å². The summed E-state index contributed by atoms with van der Waals surface area (Å²) in [5.41, 5.74) is 4.61. The Morgan fingerprint density at radius 2 is 1.67 bits per heavy atom. The van der Waals surface area contributed by atoms with Crippen LogP contribution in [-0.4, -0.2) is 36.2 Å². The van der Waals surface area contributed by atoms with Gasteiger partial charge in [0.2, 0.25) is 0 Å². The van der Waals surface area contributed by atoms with E-state index in [4.69, 9.17) is 0 Å². The standard InChI is InChI=1S/C26H28N2OS/c1-30-25-12-10-21(11-13-25)23-9-5-6-20(18-23)19-28-16-14-24(15-17-28)27-26(29)22-7-3-2-4-8-22/h2-13,18,24H,14-17,19H2,1H3,(H,27,29). The molecule has 3 aromatic carbocycles. The minimum atomic E-state index is 0.0363. The van der Waals surface area contributed by atoms with Gasteiger partial charge in [-0.05, 0) is 66.1 Å². The van der Waals surface area contributed by atoms with Crippen LogP contribution in [0.25, 0.3) is 11.1 Å². The van der Waals surface area contributed by atoms with E-state index in [9.17, 15) is 4.79 Å². The Morgan fingerprint density at radius 3 is 2.37 bits per heavy atom. The third-order valence-electron chi connectivity index (χ3n) is 5.72. The van der Waals surface area contributed by atoms with Gasteiger partial charge in [0.25, 0.3) is 5.91 Å². The molecule has 1 N–H and O–H groups in total. The monoisotopic (exact) mass is 416 g/mol. The van der Waals surface area contributed by atoms with Crippen molar-refractivity contribution in [3.05, 3.63) is 90.0 Å². The highest BCUT2D eigenvalue weighted by atomic mass is 32.2. The second-order valence-corrected chi connectivity index (χ2v) is 8.70. The van der Waals surface area contributed by atoms with Crippen LogP contribution in [0.1, 0.15) is 28.8 Å². The van der Waals surface area contributed by atoms with Gasteiger partial charge in [-0.25, -0.2) is 0 Å². The topological polar surface area (TPSA) is 32.3 Å². The quantitative estimate of drug-likeness (QED) is 0.541. The van der Waals surface area contributed by atoms with E-state index in [0.29, 0.717) is 0 Å². The van der Waals surface area contributed by atoms with Crippen LogP contribution in [-0.2, 0) is 6.54 Å². The van der Waals surface area contributed by atoms with Gasteiger partial charge in [-0.2, -0.15) is 0 Å². The molecule has 0 atom stereocenters. The van der Waals surface area contributed by atoms with E-state index < -0.39 is 0 Å². The maximum atomic E-state index is 12.4. The highest BCUT2D eigenvalue weighted by Crippen LogP contribution is 2.24. The number of nitrogens with zero attached hydrogens (tertiary/aromatic N) is 1. The molecule has 0 aliphatic carbocycles. The van der Waals surface area contributed by atoms with E-state index in [1.807, 2.05) is 30.3 Å². The van der Waals surface area contributed by atoms with E-state index in [2.05, 4.69) is 65.0 Å². The molecule has 1 fully saturated rings. The largest absolute Gasteiger partial charge is 0.349 e. The minimum Gasteiger partial charge on any atom is -0.349 e. The summed E-state index contributed by atoms with van der Waals surface area (Å²) in [5.74, 6) is 0.0363. The van der Waals surface area contributed by atoms with Gasteiger partial charge in [-0.3, -0.25) is 9.69 Å². The molecule has 0 saturated carbocycles. The molecule has 30 heavy (non-hydrogen) atoms. The molecule has 154 valence electrons. The molecule has 3 nitrogen and oxygen atoms in total. The van der Waals surface area contributed by atoms with Gasteiger partial charge in [-0.15, -0.1) is 11.8 Å². The van der Waals surface area contributed by atoms with Crippen LogP contribution in [0.15, 0.2) is 83.8 Å². The molecule has 0 unspecified atom stereocenters. The predicted molar refractivity (Wildman–Crippen MR) is 126 cm³/mol. The minimum absolute atomic E-state index is 0.0363. The lowest BCUT2D eigenvalue weighted by atomic mass is 10.0. The van der Waals surface area contributed by atoms with Crippen molar-refractivity contribution < 1.29 is 4.79 Å². The van der Waals surface area contributed by atoms with E-state index in [1.165, 1.54) is 21.6 Å². The Hall–Kier alpha value is -2.56. The molecule has 0 radical (unpaired) electrons. The molecular weight excluding hydrogens is 388 g/mol. The van der Waals surface area contributed by atoms with Gasteiger partial charge >= 0.3 is 0 Å². The molecular formula is C26H28N2OS. The first kappa shape index (κ1) is 20.7. The smallest absolute Gasteiger partial charge is 0.251 e. The summed E-state index contributed by atoms with van der Waals surface area (Å²) in [7, 11) is 0. The molecule has 0 bridgehead atoms. The lowest BCUT2D eigenvalue weighted by Crippen LogP contribution is -2.44. The summed E-state index contributed by atoms with van der Waals surface area (Å²) < 4.78 is 0. The summed E-state index contributed by atoms with van der Waals surface area (Å²) in [4.78, 5) is 16.1. The van der Waals surface area contributed by atoms with E-state index in [0.717, 1.165) is 38.0 Å². The SMILES string of the molecule is CSc1ccc(-c2cccc(CN3CCC(NC(=O)c4ccccc4)CC3)c2)cc1. The van der Waals surface area contributed by atoms with Crippen LogP contribution in [0, 0.1) is 0 Å². The van der Waals surface area contributed by atoms with Gasteiger partial charge in [0, 0.05) is 36.1 Å². The van der Waals surface area contributed by atoms with Gasteiger partial charge in [-0.1, -0.05) is 48.5 Å². The summed E-state index contributed by atoms with van der Waals surface area (Å²) in [6.07, 6.45) is 4.09. The Labute approximate surface area is 183 Å². The Morgan fingerprint density at radius 1 is 0.933 bits per heavy atom. The molecule has 1 amide bonds. The van der Waals surface area contributed by atoms with Crippen molar-refractivity contribution in [2.75, 3.05) is 19.3 Å². The number of carbonyl (C=O) groups excluding carboxylic acids is 1. The van der Waals surface area contributed by atoms with Gasteiger partial charge in [0.05, 0.1) is 0 Å². The average molecular weight is 417 g/mol. The van der Waals surface area contributed by atoms with Crippen molar-refractivity contribution in [2.24, 2.45) is 0 Å². The zero-order chi connectivity index (χ0) is 20.8. The van der Waals surface area contributed by atoms with Gasteiger partial charge < -0.3 is 5.32 Å². The second kappa shape index (κ2) is 9.96. The fraction of sp³-hybridized carbons (Fsp3) is 0.269. The number of rotatable bonds is 6. The normalized spacial score (nSPS) is 15.1. The third-order valence-corrected chi connectivity index (χ3v) is 6.46. The number of benzene rings is 3. The Kier molecular flexibility index (Phi) is 6.88. The molecule has 4 rings (SSSR count). The first-order valence-corrected chi connectivity index (χ1v) is 11.8. The lowest BCUT2D eigenvalue weighted by molar-refractivity contribution is 0.0909. The zero-order valence-corrected chi connectivity index (χ0v) is 18.2. The molecule has 1 aliphatic rings. The summed E-state index contributed by atoms with van der Waals surface area (Å²) in [6, 6.07) is 27.4. The molecule has 0 aromatic heterocycles. The summed E-state index contributed by atoms with van der Waals surface area (Å²) in [5, 5.41) is 3.19.